The largest absolute Gasteiger partial charge is 0.744 e. The van der Waals surface area contributed by atoms with E-state index in [-0.39, 0.29) is 10.7 Å². The SMILES string of the molecule is CN(NC(=O)c1ccccc1S(=O)(=O)[O-])C(=S)Nc1ccccc1.c1cc[nH+]cc1. The fourth-order valence-corrected chi connectivity index (χ4v) is 3.05. The molecule has 10 heteroatoms. The number of H-pyrrole nitrogens is 1. The minimum atomic E-state index is -4.76. The number of hydrogen-bond donors (Lipinski definition) is 2. The second kappa shape index (κ2) is 11.0. The van der Waals surface area contributed by atoms with Gasteiger partial charge in [-0.3, -0.25) is 15.2 Å². The Morgan fingerprint density at radius 1 is 0.967 bits per heavy atom. The predicted octanol–water partition coefficient (Wildman–Crippen LogP) is 2.06. The van der Waals surface area contributed by atoms with Crippen LogP contribution >= 0.6 is 12.2 Å². The summed E-state index contributed by atoms with van der Waals surface area (Å²) in [5.41, 5.74) is 2.90. The number of benzene rings is 2. The highest BCUT2D eigenvalue weighted by atomic mass is 32.2. The van der Waals surface area contributed by atoms with E-state index in [1.54, 1.807) is 12.1 Å². The number of nitrogens with one attached hydrogen (secondary N) is 3. The van der Waals surface area contributed by atoms with Crippen molar-refractivity contribution >= 4 is 39.0 Å². The summed E-state index contributed by atoms with van der Waals surface area (Å²) in [5.74, 6) is -0.760. The summed E-state index contributed by atoms with van der Waals surface area (Å²) >= 11 is 5.15. The molecule has 3 rings (SSSR count). The summed E-state index contributed by atoms with van der Waals surface area (Å²) in [6.45, 7) is 0. The van der Waals surface area contributed by atoms with E-state index in [1.165, 1.54) is 30.3 Å². The molecule has 0 unspecified atom stereocenters. The van der Waals surface area contributed by atoms with Crippen molar-refractivity contribution in [3.05, 3.63) is 90.8 Å². The molecule has 0 bridgehead atoms. The maximum absolute atomic E-state index is 12.2. The number of hydrazine groups is 1. The van der Waals surface area contributed by atoms with Crippen LogP contribution in [0.15, 0.2) is 90.1 Å². The molecule has 0 spiro atoms. The molecule has 1 aromatic heterocycles. The third-order valence-electron chi connectivity index (χ3n) is 3.61. The van der Waals surface area contributed by atoms with Gasteiger partial charge in [0.15, 0.2) is 17.5 Å². The van der Waals surface area contributed by atoms with E-state index in [9.17, 15) is 17.8 Å². The van der Waals surface area contributed by atoms with Gasteiger partial charge in [0.2, 0.25) is 0 Å². The second-order valence-electron chi connectivity index (χ2n) is 5.82. The highest BCUT2D eigenvalue weighted by molar-refractivity contribution is 7.85. The van der Waals surface area contributed by atoms with E-state index in [1.807, 2.05) is 48.8 Å². The summed E-state index contributed by atoms with van der Waals surface area (Å²) in [5, 5.41) is 4.32. The molecule has 0 aliphatic heterocycles. The molecule has 156 valence electrons. The molecular formula is C20H20N4O4S2. The highest BCUT2D eigenvalue weighted by Crippen LogP contribution is 2.15. The Morgan fingerprint density at radius 3 is 2.07 bits per heavy atom. The summed E-state index contributed by atoms with van der Waals surface area (Å²) < 4.78 is 33.7. The van der Waals surface area contributed by atoms with E-state index in [0.29, 0.717) is 0 Å². The minimum absolute atomic E-state index is 0.192. The number of nitrogens with zero attached hydrogens (tertiary/aromatic N) is 1. The molecule has 0 radical (unpaired) electrons. The molecule has 0 atom stereocenters. The van der Waals surface area contributed by atoms with Gasteiger partial charge in [0.05, 0.1) is 10.5 Å². The molecule has 30 heavy (non-hydrogen) atoms. The maximum Gasteiger partial charge on any atom is 0.271 e. The van der Waals surface area contributed by atoms with Crippen LogP contribution in [-0.2, 0) is 10.1 Å². The first-order valence-electron chi connectivity index (χ1n) is 8.66. The van der Waals surface area contributed by atoms with Gasteiger partial charge in [0, 0.05) is 24.9 Å². The van der Waals surface area contributed by atoms with E-state index < -0.39 is 20.9 Å². The highest BCUT2D eigenvalue weighted by Gasteiger charge is 2.17. The zero-order valence-electron chi connectivity index (χ0n) is 16.0. The van der Waals surface area contributed by atoms with E-state index in [4.69, 9.17) is 12.2 Å². The van der Waals surface area contributed by atoms with Crippen LogP contribution in [0.5, 0.6) is 0 Å². The first-order chi connectivity index (χ1) is 14.3. The van der Waals surface area contributed by atoms with Crippen LogP contribution in [-0.4, -0.2) is 36.0 Å². The van der Waals surface area contributed by atoms with Gasteiger partial charge < -0.3 is 9.87 Å². The Hall–Kier alpha value is -3.34. The van der Waals surface area contributed by atoms with Crippen LogP contribution in [0.2, 0.25) is 0 Å². The predicted molar refractivity (Wildman–Crippen MR) is 115 cm³/mol. The standard InChI is InChI=1S/C15H15N3O4S2.C5H5N/c1-18(15(23)16-11-7-3-2-4-8-11)17-14(19)12-9-5-6-10-13(12)24(20,21)22;1-2-4-6-5-3-1/h2-10H,1H3,(H,16,23)(H,17,19)(H,20,21,22);1-5H. The van der Waals surface area contributed by atoms with Gasteiger partial charge in [-0.1, -0.05) is 36.4 Å². The van der Waals surface area contributed by atoms with Gasteiger partial charge in [-0.15, -0.1) is 0 Å². The fraction of sp³-hybridized carbons (Fsp3) is 0.0500. The van der Waals surface area contributed by atoms with Crippen LogP contribution in [0.25, 0.3) is 0 Å². The number of amides is 1. The minimum Gasteiger partial charge on any atom is -0.744 e. The van der Waals surface area contributed by atoms with Crippen molar-refractivity contribution in [3.63, 3.8) is 0 Å². The zero-order chi connectivity index (χ0) is 22.0. The van der Waals surface area contributed by atoms with Crippen molar-refractivity contribution in [3.8, 4) is 0 Å². The Labute approximate surface area is 180 Å². The second-order valence-corrected chi connectivity index (χ2v) is 7.56. The Balaban J connectivity index is 0.000000456. The Morgan fingerprint density at radius 2 is 1.53 bits per heavy atom. The molecule has 0 saturated heterocycles. The number of pyridine rings is 1. The molecule has 3 aromatic rings. The quantitative estimate of drug-likeness (QED) is 0.361. The number of carbonyl (C=O) groups is 1. The smallest absolute Gasteiger partial charge is 0.271 e. The number of aromatic amines is 1. The monoisotopic (exact) mass is 444 g/mol. The first kappa shape index (κ1) is 22.9. The molecule has 8 nitrogen and oxygen atoms in total. The molecule has 0 aliphatic rings. The van der Waals surface area contributed by atoms with Crippen LogP contribution in [0.3, 0.4) is 0 Å². The number of hydrogen-bond acceptors (Lipinski definition) is 5. The first-order valence-corrected chi connectivity index (χ1v) is 10.5. The lowest BCUT2D eigenvalue weighted by atomic mass is 10.2. The average molecular weight is 445 g/mol. The van der Waals surface area contributed by atoms with Crippen molar-refractivity contribution in [2.45, 2.75) is 4.90 Å². The van der Waals surface area contributed by atoms with Crippen LogP contribution in [0.4, 0.5) is 5.69 Å². The molecule has 3 N–H and O–H groups in total. The van der Waals surface area contributed by atoms with Gasteiger partial charge in [-0.2, -0.15) is 0 Å². The van der Waals surface area contributed by atoms with Gasteiger partial charge in [0.1, 0.15) is 10.1 Å². The zero-order valence-corrected chi connectivity index (χ0v) is 17.6. The number of rotatable bonds is 3. The summed E-state index contributed by atoms with van der Waals surface area (Å²) in [7, 11) is -3.27. The number of thiocarbonyl (C=S) groups is 1. The number of para-hydroxylation sites is 1. The normalized spacial score (nSPS) is 10.2. The molecule has 1 amide bonds. The topological polar surface area (TPSA) is 116 Å². The van der Waals surface area contributed by atoms with Crippen LogP contribution < -0.4 is 15.7 Å². The van der Waals surface area contributed by atoms with Crippen molar-refractivity contribution in [2.75, 3.05) is 12.4 Å². The number of aromatic nitrogens is 1. The van der Waals surface area contributed by atoms with Crippen molar-refractivity contribution in [1.82, 2.24) is 10.4 Å². The van der Waals surface area contributed by atoms with Gasteiger partial charge in [0.25, 0.3) is 5.91 Å². The molecule has 0 saturated carbocycles. The van der Waals surface area contributed by atoms with Crippen molar-refractivity contribution in [1.29, 1.82) is 0 Å². The van der Waals surface area contributed by atoms with Gasteiger partial charge in [-0.05, 0) is 36.5 Å². The number of anilines is 1. The lowest BCUT2D eigenvalue weighted by molar-refractivity contribution is -0.377. The summed E-state index contributed by atoms with van der Waals surface area (Å²) in [4.78, 5) is 14.5. The lowest BCUT2D eigenvalue weighted by Gasteiger charge is -2.22. The van der Waals surface area contributed by atoms with Gasteiger partial charge in [-0.25, -0.2) is 13.4 Å². The lowest BCUT2D eigenvalue weighted by Crippen LogP contribution is -2.45. The van der Waals surface area contributed by atoms with E-state index >= 15 is 0 Å². The molecule has 0 fully saturated rings. The summed E-state index contributed by atoms with van der Waals surface area (Å²) in [6, 6.07) is 20.1. The third kappa shape index (κ3) is 7.24. The van der Waals surface area contributed by atoms with Crippen LogP contribution in [0.1, 0.15) is 10.4 Å². The van der Waals surface area contributed by atoms with E-state index in [0.717, 1.165) is 11.8 Å². The molecular weight excluding hydrogens is 424 g/mol. The van der Waals surface area contributed by atoms with Crippen LogP contribution in [0, 0.1) is 0 Å². The van der Waals surface area contributed by atoms with E-state index in [2.05, 4.69) is 15.7 Å². The Kier molecular flexibility index (Phi) is 8.41. The maximum atomic E-state index is 12.2. The number of carbonyl (C=O) groups excluding carboxylic acids is 1. The Bertz CT molecular complexity index is 1050. The van der Waals surface area contributed by atoms with Gasteiger partial charge >= 0.3 is 0 Å². The fourth-order valence-electron chi connectivity index (χ4n) is 2.21. The third-order valence-corrected chi connectivity index (χ3v) is 4.88. The molecule has 1 heterocycles. The van der Waals surface area contributed by atoms with Crippen molar-refractivity contribution in [2.24, 2.45) is 0 Å². The molecule has 0 aliphatic carbocycles. The average Bonchev–Trinajstić information content (AvgIpc) is 2.75. The van der Waals surface area contributed by atoms with Crippen molar-refractivity contribution < 1.29 is 22.7 Å². The molecule has 2 aromatic carbocycles. The summed E-state index contributed by atoms with van der Waals surface area (Å²) in [6.07, 6.45) is 3.75.